The summed E-state index contributed by atoms with van der Waals surface area (Å²) in [6, 6.07) is -0.00435. The molecule has 2 rings (SSSR count). The normalized spacial score (nSPS) is 20.1. The van der Waals surface area contributed by atoms with Crippen molar-refractivity contribution in [2.24, 2.45) is 4.99 Å². The molecule has 1 unspecified atom stereocenters. The van der Waals surface area contributed by atoms with E-state index in [0.717, 1.165) is 84.1 Å². The number of likely N-dealkylation sites (tertiary alicyclic amines) is 1. The van der Waals surface area contributed by atoms with Crippen LogP contribution in [0.2, 0.25) is 0 Å². The predicted molar refractivity (Wildman–Crippen MR) is 117 cm³/mol. The highest BCUT2D eigenvalue weighted by atomic mass is 16.2. The Hall–Kier alpha value is -1.34. The standard InChI is InChI=1S/C21H42N6O/c1-5-24(6-2)12-8-7-11-23-21(22-4)27-17-15-25(16-18-27)19(3)20(28)26-13-9-10-14-26/h19H,5-18H2,1-4H3,(H,22,23). The van der Waals surface area contributed by atoms with Gasteiger partial charge in [-0.1, -0.05) is 13.8 Å². The number of aliphatic imine (C=N–C) groups is 1. The molecule has 2 saturated heterocycles. The number of hydrogen-bond acceptors (Lipinski definition) is 4. The SMILES string of the molecule is CCN(CC)CCCCNC(=NC)N1CCN(C(C)C(=O)N2CCCC2)CC1. The maximum atomic E-state index is 12.6. The molecule has 0 saturated carbocycles. The summed E-state index contributed by atoms with van der Waals surface area (Å²) in [5.41, 5.74) is 0. The monoisotopic (exact) mass is 394 g/mol. The molecule has 1 N–H and O–H groups in total. The first-order valence-electron chi connectivity index (χ1n) is 11.3. The smallest absolute Gasteiger partial charge is 0.239 e. The molecule has 2 fully saturated rings. The van der Waals surface area contributed by atoms with Gasteiger partial charge in [-0.25, -0.2) is 0 Å². The van der Waals surface area contributed by atoms with Crippen LogP contribution in [0.4, 0.5) is 0 Å². The van der Waals surface area contributed by atoms with Gasteiger partial charge < -0.3 is 20.0 Å². The largest absolute Gasteiger partial charge is 0.356 e. The zero-order chi connectivity index (χ0) is 20.4. The maximum absolute atomic E-state index is 12.6. The Bertz CT molecular complexity index is 479. The van der Waals surface area contributed by atoms with E-state index < -0.39 is 0 Å². The fourth-order valence-electron chi connectivity index (χ4n) is 4.21. The summed E-state index contributed by atoms with van der Waals surface area (Å²) < 4.78 is 0. The first-order valence-corrected chi connectivity index (χ1v) is 11.3. The molecule has 2 heterocycles. The van der Waals surface area contributed by atoms with E-state index in [0.29, 0.717) is 5.91 Å². The van der Waals surface area contributed by atoms with E-state index in [1.54, 1.807) is 0 Å². The number of guanidine groups is 1. The summed E-state index contributed by atoms with van der Waals surface area (Å²) in [6.07, 6.45) is 4.69. The zero-order valence-corrected chi connectivity index (χ0v) is 18.6. The first-order chi connectivity index (χ1) is 13.6. The van der Waals surface area contributed by atoms with E-state index in [2.05, 4.69) is 45.8 Å². The Balaban J connectivity index is 1.68. The van der Waals surface area contributed by atoms with Crippen molar-refractivity contribution in [2.45, 2.75) is 52.5 Å². The third-order valence-electron chi connectivity index (χ3n) is 6.23. The zero-order valence-electron chi connectivity index (χ0n) is 18.6. The lowest BCUT2D eigenvalue weighted by Gasteiger charge is -2.39. The van der Waals surface area contributed by atoms with Crippen molar-refractivity contribution in [3.05, 3.63) is 0 Å². The van der Waals surface area contributed by atoms with Crippen LogP contribution in [-0.4, -0.2) is 110 Å². The number of nitrogens with zero attached hydrogens (tertiary/aromatic N) is 5. The summed E-state index contributed by atoms with van der Waals surface area (Å²) in [5.74, 6) is 1.31. The molecular formula is C21H42N6O. The summed E-state index contributed by atoms with van der Waals surface area (Å²) >= 11 is 0. The maximum Gasteiger partial charge on any atom is 0.239 e. The lowest BCUT2D eigenvalue weighted by atomic mass is 10.2. The third-order valence-corrected chi connectivity index (χ3v) is 6.23. The lowest BCUT2D eigenvalue weighted by molar-refractivity contribution is -0.135. The molecule has 7 heteroatoms. The van der Waals surface area contributed by atoms with Crippen LogP contribution in [0.3, 0.4) is 0 Å². The van der Waals surface area contributed by atoms with E-state index in [9.17, 15) is 4.79 Å². The van der Waals surface area contributed by atoms with Gasteiger partial charge in [0.05, 0.1) is 6.04 Å². The molecule has 0 bridgehead atoms. The molecule has 1 atom stereocenters. The fourth-order valence-corrected chi connectivity index (χ4v) is 4.21. The number of nitrogens with one attached hydrogen (secondary N) is 1. The fraction of sp³-hybridized carbons (Fsp3) is 0.905. The van der Waals surface area contributed by atoms with Crippen LogP contribution in [0, 0.1) is 0 Å². The van der Waals surface area contributed by atoms with Gasteiger partial charge in [-0.3, -0.25) is 14.7 Å². The van der Waals surface area contributed by atoms with Gasteiger partial charge >= 0.3 is 0 Å². The Morgan fingerprint density at radius 3 is 2.21 bits per heavy atom. The average molecular weight is 395 g/mol. The summed E-state index contributed by atoms with van der Waals surface area (Å²) in [6.45, 7) is 16.5. The Morgan fingerprint density at radius 1 is 1.00 bits per heavy atom. The number of carbonyl (C=O) groups excluding carboxylic acids is 1. The van der Waals surface area contributed by atoms with Crippen molar-refractivity contribution in [3.63, 3.8) is 0 Å². The van der Waals surface area contributed by atoms with E-state index >= 15 is 0 Å². The summed E-state index contributed by atoms with van der Waals surface area (Å²) in [5, 5.41) is 3.52. The highest BCUT2D eigenvalue weighted by Crippen LogP contribution is 2.14. The van der Waals surface area contributed by atoms with Crippen molar-refractivity contribution in [1.29, 1.82) is 0 Å². The summed E-state index contributed by atoms with van der Waals surface area (Å²) in [4.78, 5) is 26.3. The van der Waals surface area contributed by atoms with Gasteiger partial charge in [-0.2, -0.15) is 0 Å². The number of piperazine rings is 1. The molecule has 2 aliphatic rings. The summed E-state index contributed by atoms with van der Waals surface area (Å²) in [7, 11) is 1.87. The van der Waals surface area contributed by atoms with Crippen molar-refractivity contribution in [1.82, 2.24) is 24.9 Å². The van der Waals surface area contributed by atoms with Crippen LogP contribution in [0.5, 0.6) is 0 Å². The molecule has 2 aliphatic heterocycles. The minimum atomic E-state index is -0.00435. The Morgan fingerprint density at radius 2 is 1.64 bits per heavy atom. The van der Waals surface area contributed by atoms with E-state index in [1.807, 2.05) is 11.9 Å². The van der Waals surface area contributed by atoms with Gasteiger partial charge in [0.1, 0.15) is 0 Å². The molecule has 0 aromatic heterocycles. The number of rotatable bonds is 9. The van der Waals surface area contributed by atoms with Crippen molar-refractivity contribution >= 4 is 11.9 Å². The molecule has 28 heavy (non-hydrogen) atoms. The first kappa shape index (κ1) is 22.9. The van der Waals surface area contributed by atoms with Crippen LogP contribution >= 0.6 is 0 Å². The highest BCUT2D eigenvalue weighted by molar-refractivity contribution is 5.82. The van der Waals surface area contributed by atoms with Gasteiger partial charge in [0, 0.05) is 52.9 Å². The quantitative estimate of drug-likeness (QED) is 0.363. The third kappa shape index (κ3) is 6.62. The molecule has 0 radical (unpaired) electrons. The van der Waals surface area contributed by atoms with Crippen LogP contribution in [-0.2, 0) is 4.79 Å². The Kier molecular flexibility index (Phi) is 10.1. The predicted octanol–water partition coefficient (Wildman–Crippen LogP) is 1.31. The van der Waals surface area contributed by atoms with E-state index in [4.69, 9.17) is 0 Å². The minimum Gasteiger partial charge on any atom is -0.356 e. The Labute approximate surface area is 172 Å². The van der Waals surface area contributed by atoms with E-state index in [1.165, 1.54) is 13.0 Å². The van der Waals surface area contributed by atoms with Crippen molar-refractivity contribution in [3.8, 4) is 0 Å². The number of hydrogen-bond donors (Lipinski definition) is 1. The number of unbranched alkanes of at least 4 members (excludes halogenated alkanes) is 1. The van der Waals surface area contributed by atoms with Gasteiger partial charge in [0.15, 0.2) is 5.96 Å². The number of carbonyl (C=O) groups is 1. The van der Waals surface area contributed by atoms with Crippen LogP contribution in [0.25, 0.3) is 0 Å². The van der Waals surface area contributed by atoms with Gasteiger partial charge in [0.2, 0.25) is 5.91 Å². The second-order valence-electron chi connectivity index (χ2n) is 7.94. The average Bonchev–Trinajstić information content (AvgIpc) is 3.27. The van der Waals surface area contributed by atoms with Crippen LogP contribution < -0.4 is 5.32 Å². The molecule has 0 aliphatic carbocycles. The van der Waals surface area contributed by atoms with Gasteiger partial charge in [-0.05, 0) is 52.2 Å². The molecule has 0 aromatic carbocycles. The lowest BCUT2D eigenvalue weighted by Crippen LogP contribution is -2.57. The van der Waals surface area contributed by atoms with Crippen LogP contribution in [0.1, 0.15) is 46.5 Å². The minimum absolute atomic E-state index is 0.00435. The molecule has 7 nitrogen and oxygen atoms in total. The second-order valence-corrected chi connectivity index (χ2v) is 7.94. The molecule has 1 amide bonds. The highest BCUT2D eigenvalue weighted by Gasteiger charge is 2.30. The molecule has 0 spiro atoms. The van der Waals surface area contributed by atoms with Gasteiger partial charge in [0.25, 0.3) is 0 Å². The molecular weight excluding hydrogens is 352 g/mol. The van der Waals surface area contributed by atoms with E-state index in [-0.39, 0.29) is 6.04 Å². The molecule has 0 aromatic rings. The number of amides is 1. The second kappa shape index (κ2) is 12.3. The van der Waals surface area contributed by atoms with Crippen molar-refractivity contribution < 1.29 is 4.79 Å². The van der Waals surface area contributed by atoms with Crippen molar-refractivity contribution in [2.75, 3.05) is 72.5 Å². The van der Waals surface area contributed by atoms with Gasteiger partial charge in [-0.15, -0.1) is 0 Å². The topological polar surface area (TPSA) is 54.4 Å². The van der Waals surface area contributed by atoms with Crippen LogP contribution in [0.15, 0.2) is 4.99 Å². The molecule has 162 valence electrons.